The van der Waals surface area contributed by atoms with E-state index in [2.05, 4.69) is 5.32 Å². The molecule has 2 rings (SSSR count). The Hall–Kier alpha value is -2.83. The van der Waals surface area contributed by atoms with Crippen LogP contribution in [-0.4, -0.2) is 23.7 Å². The Morgan fingerprint density at radius 1 is 1.11 bits per heavy atom. The van der Waals surface area contributed by atoms with E-state index in [1.807, 2.05) is 0 Å². The van der Waals surface area contributed by atoms with Crippen molar-refractivity contribution in [2.24, 2.45) is 0 Å². The molecule has 1 aromatic carbocycles. The van der Waals surface area contributed by atoms with E-state index in [1.165, 1.54) is 6.92 Å². The molecule has 0 radical (unpaired) electrons. The first-order valence-corrected chi connectivity index (χ1v) is 8.65. The molecule has 0 fully saturated rings. The van der Waals surface area contributed by atoms with Crippen LogP contribution in [-0.2, 0) is 9.53 Å². The van der Waals surface area contributed by atoms with Gasteiger partial charge in [-0.1, -0.05) is 0 Å². The van der Waals surface area contributed by atoms with Gasteiger partial charge in [0.1, 0.15) is 23.0 Å². The number of alkyl carbamates (subject to hydrolysis) is 1. The zero-order valence-electron chi connectivity index (χ0n) is 16.7. The van der Waals surface area contributed by atoms with Gasteiger partial charge in [0.05, 0.1) is 5.39 Å². The van der Waals surface area contributed by atoms with Crippen LogP contribution in [0.25, 0.3) is 11.0 Å². The number of nitrogens with one attached hydrogen (secondary N) is 1. The number of hydrogen-bond donors (Lipinski definition) is 1. The van der Waals surface area contributed by atoms with E-state index in [9.17, 15) is 14.4 Å². The van der Waals surface area contributed by atoms with E-state index in [4.69, 9.17) is 13.9 Å². The number of amides is 1. The molecule has 1 N–H and O–H groups in total. The number of carbonyl (C=O) groups is 2. The van der Waals surface area contributed by atoms with E-state index < -0.39 is 29.3 Å². The summed E-state index contributed by atoms with van der Waals surface area (Å²) in [5, 5.41) is 3.00. The van der Waals surface area contributed by atoms with Crippen molar-refractivity contribution in [3.63, 3.8) is 0 Å². The lowest BCUT2D eigenvalue weighted by atomic mass is 10.0. The number of carbonyl (C=O) groups excluding carboxylic acids is 2. The van der Waals surface area contributed by atoms with Gasteiger partial charge in [0.15, 0.2) is 0 Å². The van der Waals surface area contributed by atoms with Crippen LogP contribution in [0.3, 0.4) is 0 Å². The molecule has 0 spiro atoms. The minimum absolute atomic E-state index is 0.275. The van der Waals surface area contributed by atoms with Gasteiger partial charge in [0.2, 0.25) is 0 Å². The average molecular weight is 375 g/mol. The Bertz CT molecular complexity index is 952. The smallest absolute Gasteiger partial charge is 0.408 e. The topological polar surface area (TPSA) is 94.8 Å². The van der Waals surface area contributed by atoms with Gasteiger partial charge in [-0.15, -0.1) is 0 Å². The molecule has 0 aliphatic heterocycles. The van der Waals surface area contributed by atoms with E-state index >= 15 is 0 Å². The number of benzene rings is 1. The second-order valence-corrected chi connectivity index (χ2v) is 7.56. The van der Waals surface area contributed by atoms with E-state index in [-0.39, 0.29) is 5.75 Å². The normalized spacial score (nSPS) is 12.6. The highest BCUT2D eigenvalue weighted by Gasteiger charge is 2.23. The Balaban J connectivity index is 2.30. The van der Waals surface area contributed by atoms with Crippen molar-refractivity contribution in [2.75, 3.05) is 0 Å². The van der Waals surface area contributed by atoms with Gasteiger partial charge in [-0.2, -0.15) is 0 Å². The fourth-order valence-corrected chi connectivity index (χ4v) is 2.51. The van der Waals surface area contributed by atoms with Crippen LogP contribution < -0.4 is 15.7 Å². The first-order valence-electron chi connectivity index (χ1n) is 8.65. The van der Waals surface area contributed by atoms with Gasteiger partial charge in [0.25, 0.3) is 0 Å². The summed E-state index contributed by atoms with van der Waals surface area (Å²) in [5.74, 6) is -0.381. The van der Waals surface area contributed by atoms with Crippen molar-refractivity contribution in [3.8, 4) is 5.75 Å². The minimum atomic E-state index is -0.924. The molecule has 7 heteroatoms. The average Bonchev–Trinajstić information content (AvgIpc) is 2.50. The largest absolute Gasteiger partial charge is 0.444 e. The summed E-state index contributed by atoms with van der Waals surface area (Å²) in [5.41, 5.74) is 1.14. The number of aryl methyl sites for hydroxylation is 2. The molecule has 1 heterocycles. The summed E-state index contributed by atoms with van der Waals surface area (Å²) in [6, 6.07) is 2.47. The third-order valence-electron chi connectivity index (χ3n) is 3.95. The predicted octanol–water partition coefficient (Wildman–Crippen LogP) is 3.54. The molecule has 1 unspecified atom stereocenters. The first kappa shape index (κ1) is 20.5. The number of hydrogen-bond acceptors (Lipinski definition) is 6. The SMILES string of the molecule is Cc1cc(OC(=O)C(C)NC(=O)OC(C)(C)C)c2c(C)c(C)c(=O)oc2c1. The molecule has 2 aromatic rings. The summed E-state index contributed by atoms with van der Waals surface area (Å²) in [4.78, 5) is 36.2. The van der Waals surface area contributed by atoms with Crippen molar-refractivity contribution in [1.82, 2.24) is 5.32 Å². The number of esters is 1. The molecular formula is C20H25NO6. The van der Waals surface area contributed by atoms with Gasteiger partial charge in [-0.3, -0.25) is 0 Å². The van der Waals surface area contributed by atoms with Gasteiger partial charge >= 0.3 is 17.7 Å². The van der Waals surface area contributed by atoms with Gasteiger partial charge < -0.3 is 19.2 Å². The van der Waals surface area contributed by atoms with E-state index in [0.717, 1.165) is 5.56 Å². The lowest BCUT2D eigenvalue weighted by molar-refractivity contribution is -0.136. The van der Waals surface area contributed by atoms with Crippen LogP contribution in [0, 0.1) is 20.8 Å². The maximum atomic E-state index is 12.4. The van der Waals surface area contributed by atoms with Crippen LogP contribution in [0.2, 0.25) is 0 Å². The molecule has 0 aliphatic rings. The monoisotopic (exact) mass is 375 g/mol. The summed E-state index contributed by atoms with van der Waals surface area (Å²) in [6.45, 7) is 11.9. The molecule has 7 nitrogen and oxygen atoms in total. The highest BCUT2D eigenvalue weighted by Crippen LogP contribution is 2.31. The van der Waals surface area contributed by atoms with Crippen LogP contribution in [0.1, 0.15) is 44.4 Å². The number of fused-ring (bicyclic) bond motifs is 1. The van der Waals surface area contributed by atoms with Gasteiger partial charge in [-0.05, 0) is 71.7 Å². The Morgan fingerprint density at radius 2 is 1.74 bits per heavy atom. The zero-order valence-corrected chi connectivity index (χ0v) is 16.7. The molecule has 0 aliphatic carbocycles. The van der Waals surface area contributed by atoms with Crippen molar-refractivity contribution in [2.45, 2.75) is 60.1 Å². The van der Waals surface area contributed by atoms with Gasteiger partial charge in [-0.25, -0.2) is 14.4 Å². The fourth-order valence-electron chi connectivity index (χ4n) is 2.51. The second-order valence-electron chi connectivity index (χ2n) is 7.56. The summed E-state index contributed by atoms with van der Waals surface area (Å²) in [6.07, 6.45) is -0.709. The Morgan fingerprint density at radius 3 is 2.33 bits per heavy atom. The summed E-state index contributed by atoms with van der Waals surface area (Å²) in [7, 11) is 0. The highest BCUT2D eigenvalue weighted by molar-refractivity contribution is 5.91. The van der Waals surface area contributed by atoms with Crippen molar-refractivity contribution in [3.05, 3.63) is 39.2 Å². The maximum Gasteiger partial charge on any atom is 0.408 e. The molecule has 1 amide bonds. The van der Waals surface area contributed by atoms with Gasteiger partial charge in [0, 0.05) is 5.56 Å². The molecule has 146 valence electrons. The Kier molecular flexibility index (Phi) is 5.63. The molecule has 0 bridgehead atoms. The van der Waals surface area contributed by atoms with E-state index in [0.29, 0.717) is 22.1 Å². The summed E-state index contributed by atoms with van der Waals surface area (Å²) < 4.78 is 16.0. The Labute approximate surface area is 157 Å². The second kappa shape index (κ2) is 7.42. The number of ether oxygens (including phenoxy) is 2. The quantitative estimate of drug-likeness (QED) is 0.501. The van der Waals surface area contributed by atoms with E-state index in [1.54, 1.807) is 53.7 Å². The molecule has 0 saturated carbocycles. The fraction of sp³-hybridized carbons (Fsp3) is 0.450. The van der Waals surface area contributed by atoms with Crippen LogP contribution in [0.15, 0.2) is 21.3 Å². The third kappa shape index (κ3) is 4.87. The number of rotatable bonds is 3. The zero-order chi connectivity index (χ0) is 20.5. The maximum absolute atomic E-state index is 12.4. The lowest BCUT2D eigenvalue weighted by Crippen LogP contribution is -2.43. The highest BCUT2D eigenvalue weighted by atomic mass is 16.6. The lowest BCUT2D eigenvalue weighted by Gasteiger charge is -2.21. The van der Waals surface area contributed by atoms with Crippen molar-refractivity contribution < 1.29 is 23.5 Å². The van der Waals surface area contributed by atoms with Crippen LogP contribution in [0.4, 0.5) is 4.79 Å². The summed E-state index contributed by atoms with van der Waals surface area (Å²) >= 11 is 0. The van der Waals surface area contributed by atoms with Crippen LogP contribution in [0.5, 0.6) is 5.75 Å². The van der Waals surface area contributed by atoms with Crippen molar-refractivity contribution in [1.29, 1.82) is 0 Å². The molecule has 1 aromatic heterocycles. The third-order valence-corrected chi connectivity index (χ3v) is 3.95. The molecule has 0 saturated heterocycles. The van der Waals surface area contributed by atoms with Crippen molar-refractivity contribution >= 4 is 23.0 Å². The molecule has 1 atom stereocenters. The standard InChI is InChI=1S/C20H25NO6/c1-10-8-14-16(11(2)12(3)17(22)25-14)15(9-10)26-18(23)13(4)21-19(24)27-20(5,6)7/h8-9,13H,1-7H3,(H,21,24). The molecule has 27 heavy (non-hydrogen) atoms. The predicted molar refractivity (Wildman–Crippen MR) is 101 cm³/mol. The van der Waals surface area contributed by atoms with Crippen LogP contribution >= 0.6 is 0 Å². The minimum Gasteiger partial charge on any atom is -0.444 e. The first-order chi connectivity index (χ1) is 12.4. The molecular weight excluding hydrogens is 350 g/mol.